The molecule has 0 saturated carbocycles. The Morgan fingerprint density at radius 1 is 1.44 bits per heavy atom. The number of methoxy groups -OCH3 is 1. The minimum Gasteiger partial charge on any atom is -0.377 e. The fourth-order valence-electron chi connectivity index (χ4n) is 2.68. The van der Waals surface area contributed by atoms with Gasteiger partial charge in [-0.05, 0) is 50.5 Å². The van der Waals surface area contributed by atoms with Gasteiger partial charge in [0.15, 0.2) is 0 Å². The van der Waals surface area contributed by atoms with E-state index < -0.39 is 0 Å². The maximum absolute atomic E-state index is 10.8. The number of piperidine rings is 1. The Hall–Kier alpha value is -1.35. The van der Waals surface area contributed by atoms with E-state index >= 15 is 0 Å². The summed E-state index contributed by atoms with van der Waals surface area (Å²) < 4.78 is 5.62. The second-order valence-electron chi connectivity index (χ2n) is 5.34. The molecule has 1 aromatic rings. The lowest BCUT2D eigenvalue weighted by atomic mass is 9.93. The molecule has 1 aromatic carbocycles. The number of hydrogen-bond donors (Lipinski definition) is 0. The second-order valence-corrected chi connectivity index (χ2v) is 5.34. The minimum atomic E-state index is -0.0615. The summed E-state index contributed by atoms with van der Waals surface area (Å²) in [6.45, 7) is 6.18. The molecule has 1 atom stereocenters. The fourth-order valence-corrected chi connectivity index (χ4v) is 2.68. The molecule has 1 heterocycles. The van der Waals surface area contributed by atoms with Crippen LogP contribution in [0.3, 0.4) is 0 Å². The first-order valence-electron chi connectivity index (χ1n) is 6.44. The molecular formula is C15H21NO2. The summed E-state index contributed by atoms with van der Waals surface area (Å²) in [7, 11) is 1.78. The molecule has 0 amide bonds. The topological polar surface area (TPSA) is 29.5 Å². The Kier molecular flexibility index (Phi) is 3.71. The molecule has 0 spiro atoms. The Balaban J connectivity index is 2.23. The third-order valence-electron chi connectivity index (χ3n) is 3.85. The monoisotopic (exact) mass is 247 g/mol. The molecule has 18 heavy (non-hydrogen) atoms. The van der Waals surface area contributed by atoms with Gasteiger partial charge in [0.1, 0.15) is 6.29 Å². The number of nitrogens with zero attached hydrogens (tertiary/aromatic N) is 1. The molecule has 1 aliphatic rings. The summed E-state index contributed by atoms with van der Waals surface area (Å²) in [6.07, 6.45) is 3.14. The third-order valence-corrected chi connectivity index (χ3v) is 3.85. The zero-order valence-corrected chi connectivity index (χ0v) is 11.4. The van der Waals surface area contributed by atoms with Gasteiger partial charge in [0, 0.05) is 31.5 Å². The quantitative estimate of drug-likeness (QED) is 0.769. The van der Waals surface area contributed by atoms with Gasteiger partial charge in [-0.25, -0.2) is 0 Å². The molecule has 98 valence electrons. The molecule has 2 rings (SSSR count). The van der Waals surface area contributed by atoms with Crippen molar-refractivity contribution >= 4 is 12.0 Å². The van der Waals surface area contributed by atoms with Gasteiger partial charge in [-0.15, -0.1) is 0 Å². The lowest BCUT2D eigenvalue weighted by molar-refractivity contribution is -0.00467. The highest BCUT2D eigenvalue weighted by atomic mass is 16.5. The summed E-state index contributed by atoms with van der Waals surface area (Å²) in [5.74, 6) is 0. The summed E-state index contributed by atoms with van der Waals surface area (Å²) in [6, 6.07) is 5.87. The van der Waals surface area contributed by atoms with Gasteiger partial charge < -0.3 is 9.64 Å². The van der Waals surface area contributed by atoms with Crippen molar-refractivity contribution in [2.24, 2.45) is 0 Å². The molecule has 0 radical (unpaired) electrons. The lowest BCUT2D eigenvalue weighted by Gasteiger charge is -2.41. The summed E-state index contributed by atoms with van der Waals surface area (Å²) in [4.78, 5) is 13.1. The van der Waals surface area contributed by atoms with Crippen molar-refractivity contribution < 1.29 is 9.53 Å². The van der Waals surface area contributed by atoms with Crippen LogP contribution >= 0.6 is 0 Å². The highest BCUT2D eigenvalue weighted by Gasteiger charge is 2.31. The van der Waals surface area contributed by atoms with Crippen LogP contribution in [0, 0.1) is 6.92 Å². The number of carbonyl (C=O) groups excluding carboxylic acids is 1. The third kappa shape index (κ3) is 2.56. The van der Waals surface area contributed by atoms with E-state index in [1.165, 1.54) is 5.69 Å². The number of benzene rings is 1. The first kappa shape index (κ1) is 13.1. The lowest BCUT2D eigenvalue weighted by Crippen LogP contribution is -2.47. The predicted molar refractivity (Wildman–Crippen MR) is 73.4 cm³/mol. The van der Waals surface area contributed by atoms with Crippen molar-refractivity contribution in [3.05, 3.63) is 29.3 Å². The second kappa shape index (κ2) is 5.11. The van der Waals surface area contributed by atoms with Crippen molar-refractivity contribution in [2.75, 3.05) is 25.1 Å². The van der Waals surface area contributed by atoms with E-state index in [0.29, 0.717) is 0 Å². The molecule has 1 fully saturated rings. The van der Waals surface area contributed by atoms with Gasteiger partial charge in [-0.1, -0.05) is 0 Å². The largest absolute Gasteiger partial charge is 0.377 e. The molecule has 1 aliphatic heterocycles. The average molecular weight is 247 g/mol. The first-order chi connectivity index (χ1) is 8.58. The van der Waals surface area contributed by atoms with Crippen LogP contribution < -0.4 is 4.90 Å². The van der Waals surface area contributed by atoms with E-state index in [1.807, 2.05) is 18.2 Å². The van der Waals surface area contributed by atoms with E-state index in [2.05, 4.69) is 18.7 Å². The maximum atomic E-state index is 10.8. The molecule has 0 aromatic heterocycles. The van der Waals surface area contributed by atoms with Crippen LogP contribution in [0.25, 0.3) is 0 Å². The van der Waals surface area contributed by atoms with Crippen LogP contribution in [0.15, 0.2) is 18.2 Å². The Morgan fingerprint density at radius 3 is 2.83 bits per heavy atom. The molecule has 3 nitrogen and oxygen atoms in total. The smallest absolute Gasteiger partial charge is 0.150 e. The predicted octanol–water partition coefficient (Wildman–Crippen LogP) is 2.81. The van der Waals surface area contributed by atoms with E-state index in [-0.39, 0.29) is 5.60 Å². The zero-order chi connectivity index (χ0) is 13.2. The van der Waals surface area contributed by atoms with Gasteiger partial charge >= 0.3 is 0 Å². The number of aryl methyl sites for hydroxylation is 1. The molecule has 0 bridgehead atoms. The minimum absolute atomic E-state index is 0.0615. The van der Waals surface area contributed by atoms with Gasteiger partial charge in [-0.2, -0.15) is 0 Å². The van der Waals surface area contributed by atoms with Crippen LogP contribution in [-0.4, -0.2) is 32.1 Å². The van der Waals surface area contributed by atoms with E-state index in [0.717, 1.165) is 43.3 Å². The standard InChI is InChI=1S/C15H21NO2/c1-12-9-13(10-17)5-6-14(12)16-8-4-7-15(2,11-16)18-3/h5-6,9-10H,4,7-8,11H2,1-3H3. The Bertz CT molecular complexity index is 444. The number of hydrogen-bond acceptors (Lipinski definition) is 3. The molecule has 0 N–H and O–H groups in total. The van der Waals surface area contributed by atoms with Crippen LogP contribution in [0.5, 0.6) is 0 Å². The van der Waals surface area contributed by atoms with E-state index in [9.17, 15) is 4.79 Å². The zero-order valence-electron chi connectivity index (χ0n) is 11.4. The number of carbonyl (C=O) groups is 1. The Labute approximate surface area is 109 Å². The van der Waals surface area contributed by atoms with Gasteiger partial charge in [0.2, 0.25) is 0 Å². The van der Waals surface area contributed by atoms with E-state index in [1.54, 1.807) is 7.11 Å². The van der Waals surface area contributed by atoms with Crippen LogP contribution in [0.4, 0.5) is 5.69 Å². The Morgan fingerprint density at radius 2 is 2.22 bits per heavy atom. The SMILES string of the molecule is COC1(C)CCCN(c2ccc(C=O)cc2C)C1. The summed E-state index contributed by atoms with van der Waals surface area (Å²) in [5, 5.41) is 0. The van der Waals surface area contributed by atoms with Crippen LogP contribution in [-0.2, 0) is 4.74 Å². The van der Waals surface area contributed by atoms with Gasteiger partial charge in [0.25, 0.3) is 0 Å². The van der Waals surface area contributed by atoms with Gasteiger partial charge in [0.05, 0.1) is 5.60 Å². The average Bonchev–Trinajstić information content (AvgIpc) is 2.38. The normalized spacial score (nSPS) is 24.1. The first-order valence-corrected chi connectivity index (χ1v) is 6.44. The van der Waals surface area contributed by atoms with Crippen LogP contribution in [0.1, 0.15) is 35.7 Å². The molecule has 0 aliphatic carbocycles. The van der Waals surface area contributed by atoms with Gasteiger partial charge in [-0.3, -0.25) is 4.79 Å². The highest BCUT2D eigenvalue weighted by molar-refractivity contribution is 5.77. The van der Waals surface area contributed by atoms with Crippen LogP contribution in [0.2, 0.25) is 0 Å². The van der Waals surface area contributed by atoms with Crippen molar-refractivity contribution in [3.63, 3.8) is 0 Å². The number of aldehydes is 1. The number of ether oxygens (including phenoxy) is 1. The number of rotatable bonds is 3. The summed E-state index contributed by atoms with van der Waals surface area (Å²) >= 11 is 0. The summed E-state index contributed by atoms with van der Waals surface area (Å²) in [5.41, 5.74) is 3.04. The van der Waals surface area contributed by atoms with Crippen molar-refractivity contribution in [3.8, 4) is 0 Å². The van der Waals surface area contributed by atoms with E-state index in [4.69, 9.17) is 4.74 Å². The maximum Gasteiger partial charge on any atom is 0.150 e. The molecule has 1 unspecified atom stereocenters. The number of anilines is 1. The van der Waals surface area contributed by atoms with Crippen molar-refractivity contribution in [1.82, 2.24) is 0 Å². The van der Waals surface area contributed by atoms with Crippen molar-refractivity contribution in [1.29, 1.82) is 0 Å². The molecule has 1 saturated heterocycles. The fraction of sp³-hybridized carbons (Fsp3) is 0.533. The molecule has 3 heteroatoms. The van der Waals surface area contributed by atoms with Crippen molar-refractivity contribution in [2.45, 2.75) is 32.3 Å². The molecular weight excluding hydrogens is 226 g/mol. The highest BCUT2D eigenvalue weighted by Crippen LogP contribution is 2.30.